The number of carboxylic acids is 1. The van der Waals surface area contributed by atoms with Gasteiger partial charge in [0, 0.05) is 24.9 Å². The molecule has 1 aromatic heterocycles. The van der Waals surface area contributed by atoms with Crippen LogP contribution in [0, 0.1) is 0 Å². The fourth-order valence-corrected chi connectivity index (χ4v) is 2.05. The Hall–Kier alpha value is -1.62. The van der Waals surface area contributed by atoms with Gasteiger partial charge in [0.2, 0.25) is 0 Å². The number of hydrogen-bond acceptors (Lipinski definition) is 3. The number of rotatable bonds is 4. The highest BCUT2D eigenvalue weighted by atomic mass is 16.5. The molecule has 0 aliphatic heterocycles. The molecule has 2 rings (SSSR count). The van der Waals surface area contributed by atoms with E-state index in [0.29, 0.717) is 6.61 Å². The van der Waals surface area contributed by atoms with Gasteiger partial charge in [-0.25, -0.2) is 4.79 Å². The van der Waals surface area contributed by atoms with Gasteiger partial charge in [0.05, 0.1) is 11.7 Å². The van der Waals surface area contributed by atoms with E-state index in [1.54, 1.807) is 0 Å². The Morgan fingerprint density at radius 1 is 1.53 bits per heavy atom. The Kier molecular flexibility index (Phi) is 3.28. The zero-order valence-corrected chi connectivity index (χ0v) is 9.63. The highest BCUT2D eigenvalue weighted by Gasteiger charge is 2.31. The fourth-order valence-electron chi connectivity index (χ4n) is 2.05. The lowest BCUT2D eigenvalue weighted by molar-refractivity contribution is -0.0205. The maximum Gasteiger partial charge on any atom is 0.337 e. The lowest BCUT2D eigenvalue weighted by Gasteiger charge is -2.36. The number of hydrogen-bond donors (Lipinski definition) is 1. The Morgan fingerprint density at radius 2 is 2.24 bits per heavy atom. The third-order valence-corrected chi connectivity index (χ3v) is 3.05. The molecule has 0 aromatic carbocycles. The van der Waals surface area contributed by atoms with Gasteiger partial charge in [0.25, 0.3) is 5.56 Å². The van der Waals surface area contributed by atoms with Crippen molar-refractivity contribution < 1.29 is 14.6 Å². The Labute approximate surface area is 98.6 Å². The molecule has 0 spiro atoms. The minimum Gasteiger partial charge on any atom is -0.478 e. The van der Waals surface area contributed by atoms with Gasteiger partial charge in [-0.1, -0.05) is 0 Å². The molecule has 0 amide bonds. The molecule has 0 saturated heterocycles. The number of pyridine rings is 1. The summed E-state index contributed by atoms with van der Waals surface area (Å²) in [4.78, 5) is 22.4. The molecule has 1 aromatic rings. The zero-order valence-electron chi connectivity index (χ0n) is 9.63. The van der Waals surface area contributed by atoms with Gasteiger partial charge in [-0.15, -0.1) is 0 Å². The second-order valence-electron chi connectivity index (χ2n) is 4.17. The van der Waals surface area contributed by atoms with Crippen LogP contribution in [0.5, 0.6) is 0 Å². The van der Waals surface area contributed by atoms with E-state index in [1.165, 1.54) is 22.9 Å². The molecule has 0 bridgehead atoms. The van der Waals surface area contributed by atoms with Gasteiger partial charge in [-0.05, 0) is 25.8 Å². The summed E-state index contributed by atoms with van der Waals surface area (Å²) in [7, 11) is 0. The van der Waals surface area contributed by atoms with E-state index < -0.39 is 5.97 Å². The van der Waals surface area contributed by atoms with E-state index in [4.69, 9.17) is 9.84 Å². The molecule has 5 heteroatoms. The lowest BCUT2D eigenvalue weighted by Crippen LogP contribution is -2.38. The smallest absolute Gasteiger partial charge is 0.337 e. The van der Waals surface area contributed by atoms with Crippen LogP contribution in [0.2, 0.25) is 0 Å². The summed E-state index contributed by atoms with van der Waals surface area (Å²) < 4.78 is 6.91. The second kappa shape index (κ2) is 4.71. The van der Waals surface area contributed by atoms with E-state index in [-0.39, 0.29) is 23.3 Å². The maximum absolute atomic E-state index is 11.6. The van der Waals surface area contributed by atoms with Gasteiger partial charge < -0.3 is 14.4 Å². The molecule has 1 saturated carbocycles. The number of carboxylic acid groups (broad SMARTS) is 1. The second-order valence-corrected chi connectivity index (χ2v) is 4.17. The average Bonchev–Trinajstić information content (AvgIpc) is 2.24. The molecule has 1 fully saturated rings. The predicted octanol–water partition coefficient (Wildman–Crippen LogP) is 1.29. The number of ether oxygens (including phenoxy) is 1. The average molecular weight is 237 g/mol. The quantitative estimate of drug-likeness (QED) is 0.856. The lowest BCUT2D eigenvalue weighted by atomic mass is 9.89. The molecule has 0 radical (unpaired) electrons. The van der Waals surface area contributed by atoms with Crippen LogP contribution in [-0.4, -0.2) is 28.4 Å². The van der Waals surface area contributed by atoms with Crippen molar-refractivity contribution in [1.29, 1.82) is 0 Å². The summed E-state index contributed by atoms with van der Waals surface area (Å²) in [6.45, 7) is 2.60. The normalized spacial score (nSPS) is 23.1. The molecule has 0 unspecified atom stereocenters. The SMILES string of the molecule is CCOC1CC(n2cc(C(=O)O)ccc2=O)C1. The van der Waals surface area contributed by atoms with Crippen molar-refractivity contribution >= 4 is 5.97 Å². The van der Waals surface area contributed by atoms with Crippen molar-refractivity contribution in [1.82, 2.24) is 4.57 Å². The summed E-state index contributed by atoms with van der Waals surface area (Å²) in [5, 5.41) is 8.87. The van der Waals surface area contributed by atoms with E-state index in [1.807, 2.05) is 6.92 Å². The van der Waals surface area contributed by atoms with E-state index >= 15 is 0 Å². The van der Waals surface area contributed by atoms with Gasteiger partial charge in [-0.2, -0.15) is 0 Å². The maximum atomic E-state index is 11.6. The van der Waals surface area contributed by atoms with Crippen LogP contribution in [0.25, 0.3) is 0 Å². The van der Waals surface area contributed by atoms with Crippen LogP contribution in [0.3, 0.4) is 0 Å². The largest absolute Gasteiger partial charge is 0.478 e. The molecular formula is C12H15NO4. The van der Waals surface area contributed by atoms with Crippen LogP contribution in [0.15, 0.2) is 23.1 Å². The molecule has 1 heterocycles. The molecule has 1 aliphatic rings. The minimum absolute atomic E-state index is 0.0679. The first-order chi connectivity index (χ1) is 8.11. The van der Waals surface area contributed by atoms with Crippen LogP contribution < -0.4 is 5.56 Å². The highest BCUT2D eigenvalue weighted by molar-refractivity contribution is 5.87. The Morgan fingerprint density at radius 3 is 2.82 bits per heavy atom. The Bertz CT molecular complexity index is 474. The van der Waals surface area contributed by atoms with Gasteiger partial charge in [-0.3, -0.25) is 4.79 Å². The first kappa shape index (κ1) is 11.9. The number of aromatic carboxylic acids is 1. The topological polar surface area (TPSA) is 68.5 Å². The van der Waals surface area contributed by atoms with Crippen molar-refractivity contribution in [2.45, 2.75) is 31.9 Å². The summed E-state index contributed by atoms with van der Waals surface area (Å²) in [6, 6.07) is 2.70. The summed E-state index contributed by atoms with van der Waals surface area (Å²) in [5.41, 5.74) is -0.0144. The summed E-state index contributed by atoms with van der Waals surface area (Å²) in [6.07, 6.45) is 3.16. The van der Waals surface area contributed by atoms with E-state index in [2.05, 4.69) is 0 Å². The van der Waals surface area contributed by atoms with Crippen molar-refractivity contribution in [2.24, 2.45) is 0 Å². The summed E-state index contributed by atoms with van der Waals surface area (Å²) in [5.74, 6) is -1.01. The third-order valence-electron chi connectivity index (χ3n) is 3.05. The highest BCUT2D eigenvalue weighted by Crippen LogP contribution is 2.33. The molecule has 5 nitrogen and oxygen atoms in total. The van der Waals surface area contributed by atoms with Crippen molar-refractivity contribution in [3.8, 4) is 0 Å². The fraction of sp³-hybridized carbons (Fsp3) is 0.500. The Balaban J connectivity index is 2.14. The van der Waals surface area contributed by atoms with Crippen LogP contribution in [0.1, 0.15) is 36.2 Å². The number of nitrogens with zero attached hydrogens (tertiary/aromatic N) is 1. The van der Waals surface area contributed by atoms with Gasteiger partial charge >= 0.3 is 5.97 Å². The molecule has 1 aliphatic carbocycles. The van der Waals surface area contributed by atoms with Crippen LogP contribution in [-0.2, 0) is 4.74 Å². The van der Waals surface area contributed by atoms with Crippen molar-refractivity contribution in [3.05, 3.63) is 34.2 Å². The predicted molar refractivity (Wildman–Crippen MR) is 61.3 cm³/mol. The molecule has 0 atom stereocenters. The third kappa shape index (κ3) is 2.39. The van der Waals surface area contributed by atoms with Gasteiger partial charge in [0.15, 0.2) is 0 Å². The van der Waals surface area contributed by atoms with Crippen molar-refractivity contribution in [2.75, 3.05) is 6.61 Å². The van der Waals surface area contributed by atoms with Crippen molar-refractivity contribution in [3.63, 3.8) is 0 Å². The molecular weight excluding hydrogens is 222 g/mol. The van der Waals surface area contributed by atoms with Crippen LogP contribution >= 0.6 is 0 Å². The molecule has 17 heavy (non-hydrogen) atoms. The van der Waals surface area contributed by atoms with Gasteiger partial charge in [0.1, 0.15) is 0 Å². The minimum atomic E-state index is -1.01. The first-order valence-corrected chi connectivity index (χ1v) is 5.69. The molecule has 1 N–H and O–H groups in total. The van der Waals surface area contributed by atoms with Crippen LogP contribution in [0.4, 0.5) is 0 Å². The number of carbonyl (C=O) groups is 1. The zero-order chi connectivity index (χ0) is 12.4. The first-order valence-electron chi connectivity index (χ1n) is 5.69. The molecule has 92 valence electrons. The van der Waals surface area contributed by atoms with E-state index in [0.717, 1.165) is 12.8 Å². The number of aromatic nitrogens is 1. The standard InChI is InChI=1S/C12H15NO4/c1-2-17-10-5-9(6-10)13-7-8(12(15)16)3-4-11(13)14/h3-4,7,9-10H,2,5-6H2,1H3,(H,15,16). The van der Waals surface area contributed by atoms with E-state index in [9.17, 15) is 9.59 Å². The monoisotopic (exact) mass is 237 g/mol. The summed E-state index contributed by atoms with van der Waals surface area (Å²) >= 11 is 0.